The van der Waals surface area contributed by atoms with Crippen molar-refractivity contribution in [3.63, 3.8) is 0 Å². The van der Waals surface area contributed by atoms with E-state index in [9.17, 15) is 9.18 Å². The van der Waals surface area contributed by atoms with Gasteiger partial charge in [-0.2, -0.15) is 0 Å². The Balaban J connectivity index is 1.06. The summed E-state index contributed by atoms with van der Waals surface area (Å²) in [5.41, 5.74) is 2.08. The Morgan fingerprint density at radius 1 is 1.07 bits per heavy atom. The normalized spacial score (nSPS) is 15.5. The van der Waals surface area contributed by atoms with Crippen molar-refractivity contribution in [3.8, 4) is 28.6 Å². The first kappa shape index (κ1) is 26.7. The minimum atomic E-state index is -0.453. The third-order valence-electron chi connectivity index (χ3n) is 7.54. The van der Waals surface area contributed by atoms with Crippen LogP contribution in [0.5, 0.6) is 11.5 Å². The van der Waals surface area contributed by atoms with Crippen molar-refractivity contribution in [1.82, 2.24) is 30.3 Å². The van der Waals surface area contributed by atoms with Gasteiger partial charge in [0.25, 0.3) is 5.91 Å². The molecule has 0 unspecified atom stereocenters. The first-order valence-electron chi connectivity index (χ1n) is 13.9. The van der Waals surface area contributed by atoms with E-state index >= 15 is 0 Å². The molecule has 0 atom stereocenters. The van der Waals surface area contributed by atoms with Crippen molar-refractivity contribution < 1.29 is 18.7 Å². The fraction of sp³-hybridized carbons (Fsp3) is 0.367. The number of hydrogen-bond acceptors (Lipinski definition) is 8. The van der Waals surface area contributed by atoms with Gasteiger partial charge >= 0.3 is 0 Å². The SMILES string of the molecule is COc1cc(OCC2CC2)cc(C(=O)NCC2CCN(c3nc(-c4cccc(-n5ccnn5)c4)ncc3F)CC2)c1. The molecule has 1 saturated heterocycles. The maximum absolute atomic E-state index is 14.8. The highest BCUT2D eigenvalue weighted by Crippen LogP contribution is 2.31. The standard InChI is InChI=1S/C30H32FN7O3/c1-40-25-14-23(15-26(16-25)41-19-21-5-6-21)30(39)33-17-20-7-10-37(11-8-20)29-27(31)18-32-28(35-29)22-3-2-4-24(13-22)38-12-9-34-36-38/h2-4,9,12-16,18,20-21H,5-8,10-11,17,19H2,1H3,(H,33,39). The highest BCUT2D eigenvalue weighted by atomic mass is 19.1. The van der Waals surface area contributed by atoms with Crippen molar-refractivity contribution in [2.24, 2.45) is 11.8 Å². The number of nitrogens with one attached hydrogen (secondary N) is 1. The molecule has 0 bridgehead atoms. The van der Waals surface area contributed by atoms with E-state index in [2.05, 4.69) is 25.6 Å². The van der Waals surface area contributed by atoms with Gasteiger partial charge in [0.2, 0.25) is 0 Å². The smallest absolute Gasteiger partial charge is 0.251 e. The molecule has 6 rings (SSSR count). The molecule has 1 saturated carbocycles. The molecule has 2 aromatic heterocycles. The second kappa shape index (κ2) is 11.9. The van der Waals surface area contributed by atoms with Gasteiger partial charge in [0.1, 0.15) is 11.5 Å². The van der Waals surface area contributed by atoms with Gasteiger partial charge in [-0.15, -0.1) is 5.10 Å². The zero-order valence-electron chi connectivity index (χ0n) is 22.9. The number of piperidine rings is 1. The van der Waals surface area contributed by atoms with E-state index in [0.717, 1.165) is 24.1 Å². The largest absolute Gasteiger partial charge is 0.497 e. The highest BCUT2D eigenvalue weighted by molar-refractivity contribution is 5.95. The van der Waals surface area contributed by atoms with Gasteiger partial charge in [0.05, 0.1) is 38.0 Å². The van der Waals surface area contributed by atoms with E-state index in [-0.39, 0.29) is 11.8 Å². The van der Waals surface area contributed by atoms with Crippen molar-refractivity contribution in [3.05, 3.63) is 72.4 Å². The van der Waals surface area contributed by atoms with Crippen LogP contribution in [-0.4, -0.2) is 64.2 Å². The zero-order valence-corrected chi connectivity index (χ0v) is 22.9. The Kier molecular flexibility index (Phi) is 7.75. The molecule has 1 N–H and O–H groups in total. The number of rotatable bonds is 10. The van der Waals surface area contributed by atoms with Crippen molar-refractivity contribution in [2.75, 3.05) is 38.3 Å². The van der Waals surface area contributed by atoms with Gasteiger partial charge in [0.15, 0.2) is 17.5 Å². The van der Waals surface area contributed by atoms with Crippen LogP contribution in [0.1, 0.15) is 36.0 Å². The Bertz CT molecular complexity index is 1500. The Hall–Kier alpha value is -4.54. The molecule has 1 aliphatic heterocycles. The van der Waals surface area contributed by atoms with Gasteiger partial charge in [-0.05, 0) is 61.8 Å². The molecule has 212 valence electrons. The third-order valence-corrected chi connectivity index (χ3v) is 7.54. The van der Waals surface area contributed by atoms with Crippen molar-refractivity contribution in [2.45, 2.75) is 25.7 Å². The lowest BCUT2D eigenvalue weighted by Crippen LogP contribution is -2.39. The monoisotopic (exact) mass is 557 g/mol. The van der Waals surface area contributed by atoms with Crippen LogP contribution in [0.2, 0.25) is 0 Å². The number of amides is 1. The molecule has 0 radical (unpaired) electrons. The number of methoxy groups -OCH3 is 1. The topological polar surface area (TPSA) is 107 Å². The van der Waals surface area contributed by atoms with E-state index in [0.29, 0.717) is 60.9 Å². The van der Waals surface area contributed by atoms with Crippen LogP contribution < -0.4 is 19.7 Å². The fourth-order valence-corrected chi connectivity index (χ4v) is 4.94. The van der Waals surface area contributed by atoms with Crippen LogP contribution in [0.25, 0.3) is 17.1 Å². The molecule has 1 aliphatic carbocycles. The summed E-state index contributed by atoms with van der Waals surface area (Å²) in [6.45, 7) is 2.46. The maximum atomic E-state index is 14.8. The second-order valence-electron chi connectivity index (χ2n) is 10.6. The van der Waals surface area contributed by atoms with E-state index in [4.69, 9.17) is 9.47 Å². The van der Waals surface area contributed by atoms with Gasteiger partial charge in [-0.25, -0.2) is 19.0 Å². The van der Waals surface area contributed by atoms with Crippen molar-refractivity contribution >= 4 is 11.7 Å². The number of benzene rings is 2. The number of anilines is 1. The maximum Gasteiger partial charge on any atom is 0.251 e. The van der Waals surface area contributed by atoms with E-state index < -0.39 is 5.82 Å². The Morgan fingerprint density at radius 2 is 1.90 bits per heavy atom. The molecule has 2 aliphatic rings. The predicted octanol–water partition coefficient (Wildman–Crippen LogP) is 4.31. The molecular weight excluding hydrogens is 525 g/mol. The first-order valence-corrected chi connectivity index (χ1v) is 13.9. The lowest BCUT2D eigenvalue weighted by atomic mass is 9.96. The van der Waals surface area contributed by atoms with Gasteiger partial charge in [0, 0.05) is 36.8 Å². The van der Waals surface area contributed by atoms with Crippen LogP contribution in [-0.2, 0) is 0 Å². The molecule has 4 aromatic rings. The summed E-state index contributed by atoms with van der Waals surface area (Å²) < 4.78 is 27.7. The van der Waals surface area contributed by atoms with E-state index in [1.165, 1.54) is 19.0 Å². The fourth-order valence-electron chi connectivity index (χ4n) is 4.94. The molecule has 1 amide bonds. The van der Waals surface area contributed by atoms with Crippen LogP contribution in [0.15, 0.2) is 61.1 Å². The third kappa shape index (κ3) is 6.45. The molecule has 2 aromatic carbocycles. The quantitative estimate of drug-likeness (QED) is 0.308. The average Bonchev–Trinajstić information content (AvgIpc) is 3.69. The number of nitrogens with zero attached hydrogens (tertiary/aromatic N) is 6. The number of carbonyl (C=O) groups excluding carboxylic acids is 1. The second-order valence-corrected chi connectivity index (χ2v) is 10.6. The lowest BCUT2D eigenvalue weighted by Gasteiger charge is -2.33. The van der Waals surface area contributed by atoms with Crippen LogP contribution in [0.4, 0.5) is 10.2 Å². The summed E-state index contributed by atoms with van der Waals surface area (Å²) in [4.78, 5) is 23.7. The van der Waals surface area contributed by atoms with Gasteiger partial charge in [-0.3, -0.25) is 4.79 Å². The number of hydrogen-bond donors (Lipinski definition) is 1. The first-order chi connectivity index (χ1) is 20.1. The van der Waals surface area contributed by atoms with Gasteiger partial charge < -0.3 is 19.7 Å². The lowest BCUT2D eigenvalue weighted by molar-refractivity contribution is 0.0944. The highest BCUT2D eigenvalue weighted by Gasteiger charge is 2.25. The number of halogens is 1. The summed E-state index contributed by atoms with van der Waals surface area (Å²) in [5.74, 6) is 2.24. The molecule has 2 fully saturated rings. The van der Waals surface area contributed by atoms with Crippen LogP contribution in [0.3, 0.4) is 0 Å². The number of carbonyl (C=O) groups is 1. The zero-order chi connectivity index (χ0) is 28.2. The number of ether oxygens (including phenoxy) is 2. The Labute approximate surface area is 237 Å². The summed E-state index contributed by atoms with van der Waals surface area (Å²) >= 11 is 0. The summed E-state index contributed by atoms with van der Waals surface area (Å²) in [6, 6.07) is 12.9. The predicted molar refractivity (Wildman–Crippen MR) is 151 cm³/mol. The minimum Gasteiger partial charge on any atom is -0.497 e. The molecule has 11 heteroatoms. The molecule has 41 heavy (non-hydrogen) atoms. The summed E-state index contributed by atoms with van der Waals surface area (Å²) in [6.07, 6.45) is 8.57. The number of aromatic nitrogens is 5. The van der Waals surface area contributed by atoms with E-state index in [1.54, 1.807) is 42.4 Å². The molecule has 10 nitrogen and oxygen atoms in total. The van der Waals surface area contributed by atoms with Crippen molar-refractivity contribution in [1.29, 1.82) is 0 Å². The van der Waals surface area contributed by atoms with Gasteiger partial charge in [-0.1, -0.05) is 17.3 Å². The molecule has 0 spiro atoms. The average molecular weight is 558 g/mol. The van der Waals surface area contributed by atoms with Crippen LogP contribution >= 0.6 is 0 Å². The minimum absolute atomic E-state index is 0.165. The van der Waals surface area contributed by atoms with E-state index in [1.807, 2.05) is 29.2 Å². The molecular formula is C30H32FN7O3. The summed E-state index contributed by atoms with van der Waals surface area (Å²) in [5, 5.41) is 10.9. The molecule has 3 heterocycles. The Morgan fingerprint density at radius 3 is 2.66 bits per heavy atom. The summed E-state index contributed by atoms with van der Waals surface area (Å²) in [7, 11) is 1.58. The van der Waals surface area contributed by atoms with Crippen LogP contribution in [0, 0.1) is 17.7 Å².